The lowest BCUT2D eigenvalue weighted by Gasteiger charge is -2.10. The highest BCUT2D eigenvalue weighted by Crippen LogP contribution is 2.36. The Morgan fingerprint density at radius 3 is 2.53 bits per heavy atom. The lowest BCUT2D eigenvalue weighted by Crippen LogP contribution is -2.05. The van der Waals surface area contributed by atoms with Gasteiger partial charge in [-0.15, -0.1) is 0 Å². The largest absolute Gasteiger partial charge is 0.418 e. The third-order valence-electron chi connectivity index (χ3n) is 1.94. The van der Waals surface area contributed by atoms with Crippen molar-refractivity contribution in [2.75, 3.05) is 0 Å². The van der Waals surface area contributed by atoms with Gasteiger partial charge < -0.3 is 0 Å². The molecule has 1 aromatic carbocycles. The summed E-state index contributed by atoms with van der Waals surface area (Å²) in [5.74, 6) is 0. The molecule has 0 fully saturated rings. The summed E-state index contributed by atoms with van der Waals surface area (Å²) in [7, 11) is 0. The smallest absolute Gasteiger partial charge is 0.211 e. The Bertz CT molecular complexity index is 406. The number of isocyanates is 1. The van der Waals surface area contributed by atoms with Gasteiger partial charge in [-0.1, -0.05) is 13.0 Å². The second kappa shape index (κ2) is 4.28. The predicted molar refractivity (Wildman–Crippen MR) is 48.6 cm³/mol. The van der Waals surface area contributed by atoms with E-state index in [0.717, 1.165) is 12.1 Å². The Labute approximate surface area is 84.4 Å². The SMILES string of the molecule is CCc1ccc(N=C=O)c(C(F)(F)F)c1. The van der Waals surface area contributed by atoms with Gasteiger partial charge in [-0.3, -0.25) is 0 Å². The minimum absolute atomic E-state index is 0.394. The Morgan fingerprint density at radius 1 is 1.40 bits per heavy atom. The quantitative estimate of drug-likeness (QED) is 0.550. The molecule has 0 aromatic heterocycles. The van der Waals surface area contributed by atoms with Gasteiger partial charge in [0.1, 0.15) is 0 Å². The van der Waals surface area contributed by atoms with Crippen LogP contribution in [0.15, 0.2) is 23.2 Å². The van der Waals surface area contributed by atoms with Crippen molar-refractivity contribution in [1.82, 2.24) is 0 Å². The molecule has 0 bridgehead atoms. The van der Waals surface area contributed by atoms with Gasteiger partial charge in [0.15, 0.2) is 0 Å². The van der Waals surface area contributed by atoms with Crippen LogP contribution in [-0.2, 0) is 17.4 Å². The average molecular weight is 215 g/mol. The van der Waals surface area contributed by atoms with E-state index in [1.807, 2.05) is 0 Å². The third-order valence-corrected chi connectivity index (χ3v) is 1.94. The summed E-state index contributed by atoms with van der Waals surface area (Å²) < 4.78 is 37.5. The van der Waals surface area contributed by atoms with E-state index in [2.05, 4.69) is 4.99 Å². The maximum Gasteiger partial charge on any atom is 0.418 e. The van der Waals surface area contributed by atoms with Gasteiger partial charge in [-0.25, -0.2) is 4.79 Å². The summed E-state index contributed by atoms with van der Waals surface area (Å²) in [6.45, 7) is 1.75. The zero-order chi connectivity index (χ0) is 11.5. The van der Waals surface area contributed by atoms with Gasteiger partial charge in [0.05, 0.1) is 11.3 Å². The maximum absolute atomic E-state index is 12.5. The van der Waals surface area contributed by atoms with Gasteiger partial charge in [0.2, 0.25) is 6.08 Å². The third kappa shape index (κ3) is 2.67. The topological polar surface area (TPSA) is 29.4 Å². The molecule has 80 valence electrons. The molecule has 0 saturated carbocycles. The molecule has 0 amide bonds. The fourth-order valence-electron chi connectivity index (χ4n) is 1.18. The van der Waals surface area contributed by atoms with E-state index in [4.69, 9.17) is 0 Å². The highest BCUT2D eigenvalue weighted by atomic mass is 19.4. The molecule has 15 heavy (non-hydrogen) atoms. The van der Waals surface area contributed by atoms with Crippen molar-refractivity contribution < 1.29 is 18.0 Å². The zero-order valence-corrected chi connectivity index (χ0v) is 7.93. The number of aliphatic imine (C=N–C) groups is 1. The van der Waals surface area contributed by atoms with E-state index in [0.29, 0.717) is 12.0 Å². The number of rotatable bonds is 2. The molecule has 0 spiro atoms. The van der Waals surface area contributed by atoms with E-state index in [1.54, 1.807) is 6.92 Å². The molecule has 0 N–H and O–H groups in total. The van der Waals surface area contributed by atoms with Crippen LogP contribution >= 0.6 is 0 Å². The summed E-state index contributed by atoms with van der Waals surface area (Å²) in [5, 5.41) is 0. The van der Waals surface area contributed by atoms with Crippen LogP contribution in [-0.4, -0.2) is 6.08 Å². The summed E-state index contributed by atoms with van der Waals surface area (Å²) in [6.07, 6.45) is -2.90. The van der Waals surface area contributed by atoms with Crippen LogP contribution in [0.2, 0.25) is 0 Å². The number of halogens is 3. The Kier molecular flexibility index (Phi) is 3.27. The minimum atomic E-state index is -4.50. The summed E-state index contributed by atoms with van der Waals surface area (Å²) >= 11 is 0. The van der Waals surface area contributed by atoms with Gasteiger partial charge in [-0.05, 0) is 24.1 Å². The Hall–Kier alpha value is -1.61. The monoisotopic (exact) mass is 215 g/mol. The molecule has 0 saturated heterocycles. The molecular formula is C10H8F3NO. The normalized spacial score (nSPS) is 10.9. The molecule has 1 rings (SSSR count). The molecular weight excluding hydrogens is 207 g/mol. The number of hydrogen-bond acceptors (Lipinski definition) is 2. The van der Waals surface area contributed by atoms with Crippen LogP contribution in [0.5, 0.6) is 0 Å². The minimum Gasteiger partial charge on any atom is -0.211 e. The fraction of sp³-hybridized carbons (Fsp3) is 0.300. The van der Waals surface area contributed by atoms with Crippen LogP contribution < -0.4 is 0 Å². The van der Waals surface area contributed by atoms with E-state index in [-0.39, 0.29) is 0 Å². The van der Waals surface area contributed by atoms with Crippen molar-refractivity contribution >= 4 is 11.8 Å². The van der Waals surface area contributed by atoms with Gasteiger partial charge in [0, 0.05) is 0 Å². The summed E-state index contributed by atoms with van der Waals surface area (Å²) in [6, 6.07) is 3.67. The molecule has 0 aliphatic heterocycles. The van der Waals surface area contributed by atoms with Crippen molar-refractivity contribution in [1.29, 1.82) is 0 Å². The van der Waals surface area contributed by atoms with E-state index >= 15 is 0 Å². The van der Waals surface area contributed by atoms with Gasteiger partial charge in [-0.2, -0.15) is 18.2 Å². The molecule has 5 heteroatoms. The zero-order valence-electron chi connectivity index (χ0n) is 7.93. The molecule has 0 aliphatic rings. The predicted octanol–water partition coefficient (Wildman–Crippen LogP) is 3.24. The number of hydrogen-bond donors (Lipinski definition) is 0. The van der Waals surface area contributed by atoms with E-state index in [1.165, 1.54) is 12.1 Å². The first-order valence-electron chi connectivity index (χ1n) is 4.27. The number of carbonyl (C=O) groups excluding carboxylic acids is 1. The van der Waals surface area contributed by atoms with Gasteiger partial charge in [0.25, 0.3) is 0 Å². The van der Waals surface area contributed by atoms with Crippen LogP contribution in [0.25, 0.3) is 0 Å². The first-order chi connectivity index (χ1) is 6.99. The lowest BCUT2D eigenvalue weighted by molar-refractivity contribution is -0.137. The highest BCUT2D eigenvalue weighted by molar-refractivity contribution is 5.55. The second-order valence-corrected chi connectivity index (χ2v) is 2.91. The molecule has 0 unspecified atom stereocenters. The number of nitrogens with zero attached hydrogens (tertiary/aromatic N) is 1. The van der Waals surface area contributed by atoms with Crippen LogP contribution in [0.3, 0.4) is 0 Å². The standard InChI is InChI=1S/C10H8F3NO/c1-2-7-3-4-9(14-6-15)8(5-7)10(11,12)13/h3-5H,2H2,1H3. The fourth-order valence-corrected chi connectivity index (χ4v) is 1.18. The average Bonchev–Trinajstić information content (AvgIpc) is 2.17. The Morgan fingerprint density at radius 2 is 2.07 bits per heavy atom. The number of alkyl halides is 3. The first-order valence-corrected chi connectivity index (χ1v) is 4.27. The van der Waals surface area contributed by atoms with E-state index in [9.17, 15) is 18.0 Å². The Balaban J connectivity index is 3.35. The molecule has 0 heterocycles. The number of benzene rings is 1. The van der Waals surface area contributed by atoms with Crippen LogP contribution in [0.1, 0.15) is 18.1 Å². The van der Waals surface area contributed by atoms with Crippen molar-refractivity contribution in [3.63, 3.8) is 0 Å². The van der Waals surface area contributed by atoms with Gasteiger partial charge >= 0.3 is 6.18 Å². The molecule has 0 radical (unpaired) electrons. The maximum atomic E-state index is 12.5. The highest BCUT2D eigenvalue weighted by Gasteiger charge is 2.33. The van der Waals surface area contributed by atoms with Crippen LogP contribution in [0.4, 0.5) is 18.9 Å². The summed E-state index contributed by atoms with van der Waals surface area (Å²) in [5.41, 5.74) is -0.743. The molecule has 2 nitrogen and oxygen atoms in total. The van der Waals surface area contributed by atoms with Crippen molar-refractivity contribution in [2.24, 2.45) is 4.99 Å². The first kappa shape index (κ1) is 11.5. The summed E-state index contributed by atoms with van der Waals surface area (Å²) in [4.78, 5) is 13.0. The molecule has 0 atom stereocenters. The lowest BCUT2D eigenvalue weighted by atomic mass is 10.1. The molecule has 1 aromatic rings. The van der Waals surface area contributed by atoms with Crippen LogP contribution in [0, 0.1) is 0 Å². The van der Waals surface area contributed by atoms with Crippen molar-refractivity contribution in [3.05, 3.63) is 29.3 Å². The second-order valence-electron chi connectivity index (χ2n) is 2.91. The van der Waals surface area contributed by atoms with Crippen molar-refractivity contribution in [2.45, 2.75) is 19.5 Å². The van der Waals surface area contributed by atoms with E-state index < -0.39 is 17.4 Å². The number of aryl methyl sites for hydroxylation is 1. The molecule has 0 aliphatic carbocycles. The van der Waals surface area contributed by atoms with Crippen molar-refractivity contribution in [3.8, 4) is 0 Å².